The predicted octanol–water partition coefficient (Wildman–Crippen LogP) is 0.621. The number of ether oxygens (including phenoxy) is 1. The van der Waals surface area contributed by atoms with E-state index in [1.165, 1.54) is 16.8 Å². The molecule has 2 aromatic rings. The van der Waals surface area contributed by atoms with Crippen LogP contribution >= 0.6 is 0 Å². The lowest BCUT2D eigenvalue weighted by Crippen LogP contribution is -2.40. The lowest BCUT2D eigenvalue weighted by Gasteiger charge is -2.09. The third-order valence-corrected chi connectivity index (χ3v) is 2.93. The average molecular weight is 288 g/mol. The van der Waals surface area contributed by atoms with Crippen LogP contribution in [0.15, 0.2) is 52.2 Å². The van der Waals surface area contributed by atoms with Gasteiger partial charge in [-0.2, -0.15) is 0 Å². The third-order valence-electron chi connectivity index (χ3n) is 2.93. The summed E-state index contributed by atoms with van der Waals surface area (Å²) in [6.45, 7) is 1.90. The van der Waals surface area contributed by atoms with Crippen LogP contribution < -0.4 is 11.2 Å². The molecule has 0 spiro atoms. The molecule has 0 saturated carbocycles. The molecule has 0 aliphatic heterocycles. The minimum Gasteiger partial charge on any atom is -0.465 e. The molecule has 1 heterocycles. The maximum atomic E-state index is 12.3. The van der Waals surface area contributed by atoms with Crippen molar-refractivity contribution in [3.63, 3.8) is 0 Å². The van der Waals surface area contributed by atoms with Crippen LogP contribution in [0.5, 0.6) is 0 Å². The summed E-state index contributed by atoms with van der Waals surface area (Å²) in [4.78, 5) is 35.5. The fourth-order valence-electron chi connectivity index (χ4n) is 1.93. The van der Waals surface area contributed by atoms with Gasteiger partial charge in [0.2, 0.25) is 0 Å². The summed E-state index contributed by atoms with van der Waals surface area (Å²) in [5.74, 6) is -0.510. The van der Waals surface area contributed by atoms with E-state index in [0.29, 0.717) is 0 Å². The highest BCUT2D eigenvalue weighted by molar-refractivity contribution is 5.69. The van der Waals surface area contributed by atoms with Crippen LogP contribution in [-0.2, 0) is 22.6 Å². The fourth-order valence-corrected chi connectivity index (χ4v) is 1.93. The molecule has 6 nitrogen and oxygen atoms in total. The van der Waals surface area contributed by atoms with Crippen LogP contribution in [0.3, 0.4) is 0 Å². The highest BCUT2D eigenvalue weighted by atomic mass is 16.5. The zero-order valence-electron chi connectivity index (χ0n) is 11.7. The number of rotatable bonds is 5. The Morgan fingerprint density at radius 2 is 1.86 bits per heavy atom. The van der Waals surface area contributed by atoms with E-state index in [0.717, 1.165) is 10.1 Å². The molecule has 0 unspecified atom stereocenters. The maximum absolute atomic E-state index is 12.3. The Labute approximate surface area is 121 Å². The van der Waals surface area contributed by atoms with Crippen molar-refractivity contribution in [2.45, 2.75) is 20.0 Å². The lowest BCUT2D eigenvalue weighted by molar-refractivity contribution is -0.143. The van der Waals surface area contributed by atoms with Crippen LogP contribution in [0, 0.1) is 0 Å². The van der Waals surface area contributed by atoms with Crippen LogP contribution in [0.25, 0.3) is 0 Å². The van der Waals surface area contributed by atoms with Crippen LogP contribution in [0.2, 0.25) is 0 Å². The summed E-state index contributed by atoms with van der Waals surface area (Å²) in [7, 11) is 0. The first-order valence-corrected chi connectivity index (χ1v) is 6.61. The molecule has 1 aromatic heterocycles. The number of carbonyl (C=O) groups is 1. The Morgan fingerprint density at radius 1 is 1.14 bits per heavy atom. The summed E-state index contributed by atoms with van der Waals surface area (Å²) in [6, 6.07) is 10.4. The molecule has 1 aromatic carbocycles. The maximum Gasteiger partial charge on any atom is 0.331 e. The largest absolute Gasteiger partial charge is 0.465 e. The van der Waals surface area contributed by atoms with Gasteiger partial charge in [-0.25, -0.2) is 4.79 Å². The van der Waals surface area contributed by atoms with E-state index in [4.69, 9.17) is 4.74 Å². The van der Waals surface area contributed by atoms with Gasteiger partial charge in [-0.3, -0.25) is 18.7 Å². The van der Waals surface area contributed by atoms with E-state index in [-0.39, 0.29) is 19.7 Å². The Hall–Kier alpha value is -2.63. The average Bonchev–Trinajstić information content (AvgIpc) is 2.48. The van der Waals surface area contributed by atoms with Crippen molar-refractivity contribution in [3.8, 4) is 0 Å². The summed E-state index contributed by atoms with van der Waals surface area (Å²) in [6.07, 6.45) is 1.31. The van der Waals surface area contributed by atoms with E-state index < -0.39 is 17.2 Å². The number of hydrogen-bond acceptors (Lipinski definition) is 4. The molecule has 0 N–H and O–H groups in total. The SMILES string of the molecule is CCOC(=O)Cn1ccc(=O)n(Cc2ccccc2)c1=O. The third kappa shape index (κ3) is 3.68. The molecular formula is C15H16N2O4. The van der Waals surface area contributed by atoms with Crippen molar-refractivity contribution < 1.29 is 9.53 Å². The zero-order valence-corrected chi connectivity index (χ0v) is 11.7. The second-order valence-corrected chi connectivity index (χ2v) is 4.44. The lowest BCUT2D eigenvalue weighted by atomic mass is 10.2. The number of nitrogens with zero attached hydrogens (tertiary/aromatic N) is 2. The summed E-state index contributed by atoms with van der Waals surface area (Å²) < 4.78 is 7.06. The monoisotopic (exact) mass is 288 g/mol. The molecule has 110 valence electrons. The van der Waals surface area contributed by atoms with E-state index in [1.54, 1.807) is 6.92 Å². The van der Waals surface area contributed by atoms with Crippen molar-refractivity contribution in [1.82, 2.24) is 9.13 Å². The first-order valence-electron chi connectivity index (χ1n) is 6.61. The van der Waals surface area contributed by atoms with E-state index in [2.05, 4.69) is 0 Å². The molecule has 2 rings (SSSR count). The van der Waals surface area contributed by atoms with Crippen LogP contribution in [0.1, 0.15) is 12.5 Å². The fraction of sp³-hybridized carbons (Fsp3) is 0.267. The Morgan fingerprint density at radius 3 is 2.52 bits per heavy atom. The molecule has 0 amide bonds. The van der Waals surface area contributed by atoms with Gasteiger partial charge in [0.25, 0.3) is 5.56 Å². The molecule has 0 bridgehead atoms. The normalized spacial score (nSPS) is 10.3. The summed E-state index contributed by atoms with van der Waals surface area (Å²) >= 11 is 0. The predicted molar refractivity (Wildman–Crippen MR) is 77.1 cm³/mol. The van der Waals surface area contributed by atoms with Crippen LogP contribution in [0.4, 0.5) is 0 Å². The molecular weight excluding hydrogens is 272 g/mol. The van der Waals surface area contributed by atoms with Crippen molar-refractivity contribution in [2.24, 2.45) is 0 Å². The smallest absolute Gasteiger partial charge is 0.331 e. The molecule has 0 radical (unpaired) electrons. The molecule has 0 saturated heterocycles. The Kier molecular flexibility index (Phi) is 4.71. The summed E-state index contributed by atoms with van der Waals surface area (Å²) in [5, 5.41) is 0. The first kappa shape index (κ1) is 14.8. The van der Waals surface area contributed by atoms with Gasteiger partial charge in [-0.15, -0.1) is 0 Å². The zero-order chi connectivity index (χ0) is 15.2. The number of benzene rings is 1. The van der Waals surface area contributed by atoms with Gasteiger partial charge in [-0.05, 0) is 12.5 Å². The van der Waals surface area contributed by atoms with Gasteiger partial charge in [0, 0.05) is 12.3 Å². The Bertz CT molecular complexity index is 731. The number of esters is 1. The quantitative estimate of drug-likeness (QED) is 0.756. The number of aromatic nitrogens is 2. The van der Waals surface area contributed by atoms with Crippen molar-refractivity contribution in [3.05, 3.63) is 69.0 Å². The van der Waals surface area contributed by atoms with Gasteiger partial charge < -0.3 is 4.74 Å². The standard InChI is InChI=1S/C15H16N2O4/c1-2-21-14(19)11-16-9-8-13(18)17(15(16)20)10-12-6-4-3-5-7-12/h3-9H,2,10-11H2,1H3. The second-order valence-electron chi connectivity index (χ2n) is 4.44. The minimum atomic E-state index is -0.528. The van der Waals surface area contributed by atoms with Crippen molar-refractivity contribution >= 4 is 5.97 Å². The molecule has 0 aliphatic carbocycles. The van der Waals surface area contributed by atoms with Crippen molar-refractivity contribution in [2.75, 3.05) is 6.61 Å². The highest BCUT2D eigenvalue weighted by Crippen LogP contribution is 1.98. The van der Waals surface area contributed by atoms with Gasteiger partial charge >= 0.3 is 11.7 Å². The highest BCUT2D eigenvalue weighted by Gasteiger charge is 2.09. The van der Waals surface area contributed by atoms with E-state index in [1.807, 2.05) is 30.3 Å². The minimum absolute atomic E-state index is 0.169. The molecule has 21 heavy (non-hydrogen) atoms. The van der Waals surface area contributed by atoms with Gasteiger partial charge in [0.15, 0.2) is 0 Å². The molecule has 0 fully saturated rings. The van der Waals surface area contributed by atoms with Gasteiger partial charge in [0.05, 0.1) is 13.2 Å². The number of carbonyl (C=O) groups excluding carboxylic acids is 1. The van der Waals surface area contributed by atoms with E-state index in [9.17, 15) is 14.4 Å². The van der Waals surface area contributed by atoms with Crippen molar-refractivity contribution in [1.29, 1.82) is 0 Å². The Balaban J connectivity index is 2.31. The van der Waals surface area contributed by atoms with Crippen LogP contribution in [-0.4, -0.2) is 21.7 Å². The topological polar surface area (TPSA) is 70.3 Å². The molecule has 0 aliphatic rings. The van der Waals surface area contributed by atoms with E-state index >= 15 is 0 Å². The first-order chi connectivity index (χ1) is 10.1. The second kappa shape index (κ2) is 6.69. The number of hydrogen-bond donors (Lipinski definition) is 0. The molecule has 6 heteroatoms. The molecule has 0 atom stereocenters. The summed E-state index contributed by atoms with van der Waals surface area (Å²) in [5.41, 5.74) is -0.0889. The van der Waals surface area contributed by atoms with Gasteiger partial charge in [-0.1, -0.05) is 30.3 Å². The van der Waals surface area contributed by atoms with Gasteiger partial charge in [0.1, 0.15) is 6.54 Å².